The maximum atomic E-state index is 13.4. The fourth-order valence-electron chi connectivity index (χ4n) is 3.64. The third-order valence-corrected chi connectivity index (χ3v) is 5.13. The maximum absolute atomic E-state index is 13.4. The van der Waals surface area contributed by atoms with Crippen LogP contribution in [0.2, 0.25) is 0 Å². The predicted molar refractivity (Wildman–Crippen MR) is 111 cm³/mol. The lowest BCUT2D eigenvalue weighted by molar-refractivity contribution is 0.0964. The number of carbonyl (C=O) groups excluding carboxylic acids is 1. The summed E-state index contributed by atoms with van der Waals surface area (Å²) in [5.41, 5.74) is 3.25. The van der Waals surface area contributed by atoms with Crippen LogP contribution in [-0.4, -0.2) is 23.2 Å². The summed E-state index contributed by atoms with van der Waals surface area (Å²) < 4.78 is 24.9. The van der Waals surface area contributed by atoms with Gasteiger partial charge in [-0.25, -0.2) is 4.39 Å². The number of halogens is 1. The van der Waals surface area contributed by atoms with Crippen LogP contribution in [0.3, 0.4) is 0 Å². The van der Waals surface area contributed by atoms with Crippen LogP contribution in [0.15, 0.2) is 45.3 Å². The number of phenolic OH excluding ortho intramolecular Hbond substituents is 1. The summed E-state index contributed by atoms with van der Waals surface area (Å²) in [6.45, 7) is 3.90. The number of hydrogen-bond acceptors (Lipinski definition) is 5. The fraction of sp³-hybridized carbons (Fsp3) is 0.217. The van der Waals surface area contributed by atoms with Crippen molar-refractivity contribution in [1.82, 2.24) is 10.5 Å². The van der Waals surface area contributed by atoms with Crippen LogP contribution < -0.4 is 5.32 Å². The zero-order chi connectivity index (χ0) is 21.4. The van der Waals surface area contributed by atoms with Crippen LogP contribution in [0.25, 0.3) is 33.4 Å². The van der Waals surface area contributed by atoms with Crippen molar-refractivity contribution in [3.63, 3.8) is 0 Å². The van der Waals surface area contributed by atoms with Gasteiger partial charge in [0, 0.05) is 30.0 Å². The topological polar surface area (TPSA) is 88.5 Å². The molecular weight excluding hydrogens is 387 g/mol. The molecule has 0 aliphatic carbocycles. The van der Waals surface area contributed by atoms with E-state index in [4.69, 9.17) is 8.94 Å². The Labute approximate surface area is 172 Å². The normalized spacial score (nSPS) is 11.2. The molecule has 2 aromatic heterocycles. The van der Waals surface area contributed by atoms with E-state index < -0.39 is 0 Å². The van der Waals surface area contributed by atoms with Crippen LogP contribution in [0.4, 0.5) is 4.39 Å². The Morgan fingerprint density at radius 1 is 1.17 bits per heavy atom. The van der Waals surface area contributed by atoms with Gasteiger partial charge in [0.2, 0.25) is 0 Å². The van der Waals surface area contributed by atoms with Crippen molar-refractivity contribution in [3.8, 4) is 28.2 Å². The molecule has 7 heteroatoms. The van der Waals surface area contributed by atoms with Crippen molar-refractivity contribution < 1.29 is 23.2 Å². The molecule has 0 aliphatic rings. The predicted octanol–water partition coefficient (Wildman–Crippen LogP) is 5.08. The summed E-state index contributed by atoms with van der Waals surface area (Å²) in [7, 11) is 1.52. The quantitative estimate of drug-likeness (QED) is 0.481. The molecule has 154 valence electrons. The molecule has 30 heavy (non-hydrogen) atoms. The number of hydrogen-bond donors (Lipinski definition) is 2. The molecule has 1 amide bonds. The molecule has 0 saturated heterocycles. The van der Waals surface area contributed by atoms with Gasteiger partial charge in [-0.1, -0.05) is 19.0 Å². The summed E-state index contributed by atoms with van der Waals surface area (Å²) in [6, 6.07) is 8.90. The van der Waals surface area contributed by atoms with Gasteiger partial charge >= 0.3 is 0 Å². The molecule has 0 aliphatic heterocycles. The van der Waals surface area contributed by atoms with Crippen LogP contribution >= 0.6 is 0 Å². The van der Waals surface area contributed by atoms with Gasteiger partial charge in [0.15, 0.2) is 0 Å². The highest BCUT2D eigenvalue weighted by molar-refractivity contribution is 6.12. The molecule has 0 spiro atoms. The lowest BCUT2D eigenvalue weighted by Crippen LogP contribution is -2.18. The minimum Gasteiger partial charge on any atom is -0.507 e. The average Bonchev–Trinajstić information content (AvgIpc) is 3.33. The van der Waals surface area contributed by atoms with Crippen LogP contribution in [0, 0.1) is 5.82 Å². The number of fused-ring (bicyclic) bond motifs is 1. The highest BCUT2D eigenvalue weighted by atomic mass is 19.1. The van der Waals surface area contributed by atoms with Gasteiger partial charge < -0.3 is 19.4 Å². The number of phenols is 1. The van der Waals surface area contributed by atoms with Crippen molar-refractivity contribution >= 4 is 16.9 Å². The van der Waals surface area contributed by atoms with Crippen LogP contribution in [-0.2, 0) is 12.8 Å². The number of benzene rings is 2. The zero-order valence-corrected chi connectivity index (χ0v) is 16.9. The monoisotopic (exact) mass is 408 g/mol. The largest absolute Gasteiger partial charge is 0.507 e. The third kappa shape index (κ3) is 3.12. The van der Waals surface area contributed by atoms with E-state index in [2.05, 4.69) is 10.5 Å². The van der Waals surface area contributed by atoms with Crippen molar-refractivity contribution in [3.05, 3.63) is 59.2 Å². The number of aryl methyl sites for hydroxylation is 2. The minimum absolute atomic E-state index is 0.00768. The van der Waals surface area contributed by atoms with E-state index in [-0.39, 0.29) is 23.0 Å². The fourth-order valence-corrected chi connectivity index (χ4v) is 3.64. The number of aromatic hydroxyl groups is 1. The summed E-state index contributed by atoms with van der Waals surface area (Å²) in [4.78, 5) is 12.6. The van der Waals surface area contributed by atoms with Gasteiger partial charge in [-0.3, -0.25) is 4.79 Å². The van der Waals surface area contributed by atoms with E-state index in [9.17, 15) is 14.3 Å². The molecule has 6 nitrogen and oxygen atoms in total. The maximum Gasteiger partial charge on any atom is 0.255 e. The van der Waals surface area contributed by atoms with E-state index in [1.54, 1.807) is 18.2 Å². The molecule has 4 rings (SSSR count). The molecule has 0 fully saturated rings. The number of nitrogens with one attached hydrogen (secondary N) is 1. The lowest BCUT2D eigenvalue weighted by Gasteiger charge is -2.06. The molecule has 0 radical (unpaired) electrons. The van der Waals surface area contributed by atoms with Gasteiger partial charge in [-0.15, -0.1) is 0 Å². The smallest absolute Gasteiger partial charge is 0.255 e. The Kier molecular flexibility index (Phi) is 5.03. The minimum atomic E-state index is -0.386. The van der Waals surface area contributed by atoms with E-state index in [0.717, 1.165) is 11.3 Å². The summed E-state index contributed by atoms with van der Waals surface area (Å²) in [6.07, 6.45) is 1.25. The zero-order valence-electron chi connectivity index (χ0n) is 16.9. The van der Waals surface area contributed by atoms with Gasteiger partial charge in [-0.2, -0.15) is 0 Å². The van der Waals surface area contributed by atoms with E-state index in [0.29, 0.717) is 46.5 Å². The number of nitrogens with zero attached hydrogens (tertiary/aromatic N) is 1. The van der Waals surface area contributed by atoms with Crippen LogP contribution in [0.1, 0.15) is 35.7 Å². The van der Waals surface area contributed by atoms with Gasteiger partial charge in [0.1, 0.15) is 28.7 Å². The number of aromatic nitrogens is 1. The Morgan fingerprint density at radius 3 is 2.53 bits per heavy atom. The molecule has 2 N–H and O–H groups in total. The van der Waals surface area contributed by atoms with E-state index in [1.165, 1.54) is 25.2 Å². The SMILES string of the molecule is CCc1noc(CC)c1-c1cc2oc(-c3ccc(F)cc3)c(C(=O)NC)c2cc1O. The van der Waals surface area contributed by atoms with Gasteiger partial charge in [0.25, 0.3) is 5.91 Å². The first-order valence-corrected chi connectivity index (χ1v) is 9.73. The summed E-state index contributed by atoms with van der Waals surface area (Å²) in [5, 5.41) is 18.0. The summed E-state index contributed by atoms with van der Waals surface area (Å²) >= 11 is 0. The third-order valence-electron chi connectivity index (χ3n) is 5.13. The molecule has 2 heterocycles. The molecule has 0 atom stereocenters. The second-order valence-corrected chi connectivity index (χ2v) is 6.89. The highest BCUT2D eigenvalue weighted by Crippen LogP contribution is 2.42. The standard InChI is InChI=1S/C23H21FN2O4/c1-4-16-20(18(5-2)30-26-16)14-11-19-15(10-17(14)27)21(23(28)25-3)22(29-19)12-6-8-13(24)9-7-12/h6-11,27H,4-5H2,1-3H3,(H,25,28). The Morgan fingerprint density at radius 2 is 1.90 bits per heavy atom. The molecular formula is C23H21FN2O4. The average molecular weight is 408 g/mol. The molecule has 0 bridgehead atoms. The Hall–Kier alpha value is -3.61. The van der Waals surface area contributed by atoms with Gasteiger partial charge in [-0.05, 0) is 42.8 Å². The van der Waals surface area contributed by atoms with Gasteiger partial charge in [0.05, 0.1) is 16.8 Å². The number of rotatable bonds is 5. The van der Waals surface area contributed by atoms with Crippen LogP contribution in [0.5, 0.6) is 5.75 Å². The number of amides is 1. The van der Waals surface area contributed by atoms with Crippen molar-refractivity contribution in [1.29, 1.82) is 0 Å². The first-order chi connectivity index (χ1) is 14.5. The Balaban J connectivity index is 1.99. The molecule has 2 aromatic carbocycles. The van der Waals surface area contributed by atoms with Crippen molar-refractivity contribution in [2.45, 2.75) is 26.7 Å². The number of carbonyl (C=O) groups is 1. The second kappa shape index (κ2) is 7.67. The Bertz CT molecular complexity index is 1220. The molecule has 4 aromatic rings. The first kappa shape index (κ1) is 19.7. The van der Waals surface area contributed by atoms with E-state index >= 15 is 0 Å². The summed E-state index contributed by atoms with van der Waals surface area (Å²) in [5.74, 6) is 0.208. The first-order valence-electron chi connectivity index (χ1n) is 9.73. The van der Waals surface area contributed by atoms with Crippen molar-refractivity contribution in [2.24, 2.45) is 0 Å². The van der Waals surface area contributed by atoms with Crippen molar-refractivity contribution in [2.75, 3.05) is 7.05 Å². The molecule has 0 unspecified atom stereocenters. The number of furan rings is 1. The van der Waals surface area contributed by atoms with E-state index in [1.807, 2.05) is 13.8 Å². The lowest BCUT2D eigenvalue weighted by atomic mass is 9.97. The molecule has 0 saturated carbocycles. The highest BCUT2D eigenvalue weighted by Gasteiger charge is 2.25. The second-order valence-electron chi connectivity index (χ2n) is 6.89.